The van der Waals surface area contributed by atoms with Crippen molar-refractivity contribution in [3.8, 4) is 0 Å². The summed E-state index contributed by atoms with van der Waals surface area (Å²) in [6.07, 6.45) is 0.799. The fourth-order valence-corrected chi connectivity index (χ4v) is 4.46. The van der Waals surface area contributed by atoms with Gasteiger partial charge in [0.05, 0.1) is 11.5 Å². The zero-order valence-corrected chi connectivity index (χ0v) is 12.1. The van der Waals surface area contributed by atoms with Gasteiger partial charge in [0, 0.05) is 19.2 Å². The molecule has 0 saturated carbocycles. The predicted molar refractivity (Wildman–Crippen MR) is 70.1 cm³/mol. The number of thiophene rings is 1. The molecule has 10 heteroatoms. The highest BCUT2D eigenvalue weighted by molar-refractivity contribution is 7.91. The van der Waals surface area contributed by atoms with Gasteiger partial charge in [-0.25, -0.2) is 13.1 Å². The Morgan fingerprint density at radius 1 is 1.63 bits per heavy atom. The quantitative estimate of drug-likeness (QED) is 0.655. The lowest BCUT2D eigenvalue weighted by atomic mass is 10.1. The summed E-state index contributed by atoms with van der Waals surface area (Å²) >= 11 is 6.31. The molecule has 7 nitrogen and oxygen atoms in total. The van der Waals surface area contributed by atoms with Crippen LogP contribution in [0.1, 0.15) is 6.42 Å². The van der Waals surface area contributed by atoms with Crippen LogP contribution in [0.4, 0.5) is 5.69 Å². The number of hydrogen-bond acceptors (Lipinski definition) is 6. The van der Waals surface area contributed by atoms with E-state index in [0.717, 1.165) is 12.5 Å². The van der Waals surface area contributed by atoms with Gasteiger partial charge in [0.2, 0.25) is 10.0 Å². The maximum absolute atomic E-state index is 12.0. The summed E-state index contributed by atoms with van der Waals surface area (Å²) in [5.41, 5.74) is -0.392. The standard InChI is InChI=1S/C9H11ClN2O5S2/c10-9-7(12(13)14)3-8(18-9)19(15,16)11-4-6-1-2-17-5-6/h3,6,11H,1-2,4-5H2. The molecule has 0 aromatic carbocycles. The van der Waals surface area contributed by atoms with E-state index < -0.39 is 20.6 Å². The smallest absolute Gasteiger partial charge is 0.300 e. The van der Waals surface area contributed by atoms with E-state index in [4.69, 9.17) is 16.3 Å². The molecule has 0 bridgehead atoms. The Morgan fingerprint density at radius 2 is 2.37 bits per heavy atom. The van der Waals surface area contributed by atoms with Crippen molar-refractivity contribution in [2.45, 2.75) is 10.6 Å². The lowest BCUT2D eigenvalue weighted by Gasteiger charge is -2.08. The number of nitrogens with one attached hydrogen (secondary N) is 1. The first-order valence-corrected chi connectivity index (χ1v) is 8.09. The molecule has 1 aromatic rings. The Morgan fingerprint density at radius 3 is 2.89 bits per heavy atom. The molecule has 1 unspecified atom stereocenters. The monoisotopic (exact) mass is 326 g/mol. The van der Waals surface area contributed by atoms with E-state index in [2.05, 4.69) is 4.72 Å². The Kier molecular flexibility index (Phi) is 4.41. The molecule has 1 saturated heterocycles. The highest BCUT2D eigenvalue weighted by Gasteiger charge is 2.26. The molecule has 0 aliphatic carbocycles. The van der Waals surface area contributed by atoms with Gasteiger partial charge in [-0.2, -0.15) is 0 Å². The van der Waals surface area contributed by atoms with Crippen LogP contribution in [0.2, 0.25) is 4.34 Å². The van der Waals surface area contributed by atoms with E-state index in [-0.39, 0.29) is 21.0 Å². The summed E-state index contributed by atoms with van der Waals surface area (Å²) in [6, 6.07) is 0.973. The van der Waals surface area contributed by atoms with E-state index in [0.29, 0.717) is 24.6 Å². The molecule has 2 rings (SSSR count). The lowest BCUT2D eigenvalue weighted by Crippen LogP contribution is -2.29. The van der Waals surface area contributed by atoms with Gasteiger partial charge in [0.1, 0.15) is 4.21 Å². The highest BCUT2D eigenvalue weighted by Crippen LogP contribution is 2.36. The fourth-order valence-electron chi connectivity index (χ4n) is 1.64. The molecule has 0 amide bonds. The van der Waals surface area contributed by atoms with Gasteiger partial charge < -0.3 is 4.74 Å². The Labute approximate surface area is 118 Å². The second-order valence-electron chi connectivity index (χ2n) is 4.06. The molecule has 1 aromatic heterocycles. The molecular weight excluding hydrogens is 316 g/mol. The third-order valence-electron chi connectivity index (χ3n) is 2.69. The molecule has 106 valence electrons. The van der Waals surface area contributed by atoms with Crippen molar-refractivity contribution in [1.29, 1.82) is 0 Å². The van der Waals surface area contributed by atoms with Crippen molar-refractivity contribution in [1.82, 2.24) is 4.72 Å². The third-order valence-corrected chi connectivity index (χ3v) is 5.93. The molecular formula is C9H11ClN2O5S2. The zero-order valence-electron chi connectivity index (χ0n) is 9.67. The van der Waals surface area contributed by atoms with Crippen LogP contribution in [0.15, 0.2) is 10.3 Å². The molecule has 1 aliphatic rings. The number of nitrogens with zero attached hydrogens (tertiary/aromatic N) is 1. The molecule has 2 heterocycles. The third kappa shape index (κ3) is 3.42. The van der Waals surface area contributed by atoms with Gasteiger partial charge in [-0.05, 0) is 12.3 Å². The summed E-state index contributed by atoms with van der Waals surface area (Å²) < 4.78 is 31.2. The van der Waals surface area contributed by atoms with Gasteiger partial charge in [0.25, 0.3) is 5.69 Å². The van der Waals surface area contributed by atoms with Crippen LogP contribution in [0, 0.1) is 16.0 Å². The minimum atomic E-state index is -3.76. The van der Waals surface area contributed by atoms with Crippen molar-refractivity contribution in [3.63, 3.8) is 0 Å². The SMILES string of the molecule is O=[N+]([O-])c1cc(S(=O)(=O)NCC2CCOC2)sc1Cl. The second-order valence-corrected chi connectivity index (χ2v) is 7.71. The topological polar surface area (TPSA) is 98.5 Å². The highest BCUT2D eigenvalue weighted by atomic mass is 35.5. The molecule has 19 heavy (non-hydrogen) atoms. The second kappa shape index (κ2) is 5.71. The first-order valence-electron chi connectivity index (χ1n) is 5.41. The summed E-state index contributed by atoms with van der Waals surface area (Å²) in [4.78, 5) is 9.92. The van der Waals surface area contributed by atoms with E-state index in [1.807, 2.05) is 0 Å². The Balaban J connectivity index is 2.10. The number of ether oxygens (including phenoxy) is 1. The summed E-state index contributed by atoms with van der Waals surface area (Å²) in [7, 11) is -3.76. The predicted octanol–water partition coefficient (Wildman–Crippen LogP) is 1.62. The van der Waals surface area contributed by atoms with Gasteiger partial charge in [0.15, 0.2) is 4.34 Å². The maximum atomic E-state index is 12.0. The normalized spacial score (nSPS) is 19.7. The molecule has 1 atom stereocenters. The molecule has 0 spiro atoms. The number of halogens is 1. The van der Waals surface area contributed by atoms with Crippen LogP contribution >= 0.6 is 22.9 Å². The number of nitro groups is 1. The van der Waals surface area contributed by atoms with Gasteiger partial charge in [-0.3, -0.25) is 10.1 Å². The molecule has 0 radical (unpaired) electrons. The van der Waals surface area contributed by atoms with E-state index in [1.165, 1.54) is 0 Å². The average Bonchev–Trinajstić information content (AvgIpc) is 2.95. The van der Waals surface area contributed by atoms with Crippen LogP contribution in [-0.2, 0) is 14.8 Å². The van der Waals surface area contributed by atoms with Crippen molar-refractivity contribution in [2.75, 3.05) is 19.8 Å². The lowest BCUT2D eigenvalue weighted by molar-refractivity contribution is -0.384. The van der Waals surface area contributed by atoms with Crippen LogP contribution < -0.4 is 4.72 Å². The molecule has 1 fully saturated rings. The van der Waals surface area contributed by atoms with Crippen molar-refractivity contribution < 1.29 is 18.1 Å². The first kappa shape index (κ1) is 14.7. The Hall–Kier alpha value is -0.740. The molecule has 1 N–H and O–H groups in total. The minimum Gasteiger partial charge on any atom is -0.381 e. The fraction of sp³-hybridized carbons (Fsp3) is 0.556. The number of rotatable bonds is 5. The van der Waals surface area contributed by atoms with E-state index in [9.17, 15) is 18.5 Å². The average molecular weight is 327 g/mol. The van der Waals surface area contributed by atoms with Crippen molar-refractivity contribution >= 4 is 38.6 Å². The van der Waals surface area contributed by atoms with Crippen LogP contribution in [0.5, 0.6) is 0 Å². The van der Waals surface area contributed by atoms with Crippen molar-refractivity contribution in [3.05, 3.63) is 20.5 Å². The minimum absolute atomic E-state index is 0.139. The summed E-state index contributed by atoms with van der Waals surface area (Å²) in [5.74, 6) is 0.139. The Bertz CT molecular complexity index is 579. The summed E-state index contributed by atoms with van der Waals surface area (Å²) in [5, 5.41) is 10.6. The van der Waals surface area contributed by atoms with Crippen LogP contribution in [0.25, 0.3) is 0 Å². The van der Waals surface area contributed by atoms with E-state index in [1.54, 1.807) is 0 Å². The zero-order chi connectivity index (χ0) is 14.0. The van der Waals surface area contributed by atoms with Gasteiger partial charge >= 0.3 is 0 Å². The molecule has 1 aliphatic heterocycles. The number of hydrogen-bond donors (Lipinski definition) is 1. The van der Waals surface area contributed by atoms with E-state index >= 15 is 0 Å². The maximum Gasteiger partial charge on any atom is 0.300 e. The van der Waals surface area contributed by atoms with Gasteiger partial charge in [-0.1, -0.05) is 11.6 Å². The van der Waals surface area contributed by atoms with Crippen LogP contribution in [0.3, 0.4) is 0 Å². The largest absolute Gasteiger partial charge is 0.381 e. The van der Waals surface area contributed by atoms with Crippen LogP contribution in [-0.4, -0.2) is 33.1 Å². The summed E-state index contributed by atoms with van der Waals surface area (Å²) in [6.45, 7) is 1.40. The number of sulfonamides is 1. The van der Waals surface area contributed by atoms with Crippen molar-refractivity contribution in [2.24, 2.45) is 5.92 Å². The first-order chi connectivity index (χ1) is 8.90. The van der Waals surface area contributed by atoms with Gasteiger partial charge in [-0.15, -0.1) is 11.3 Å².